The highest BCUT2D eigenvalue weighted by molar-refractivity contribution is 5.46. The van der Waals surface area contributed by atoms with Gasteiger partial charge in [-0.25, -0.2) is 0 Å². The highest BCUT2D eigenvalue weighted by Crippen LogP contribution is 2.52. The first kappa shape index (κ1) is 18.5. The average molecular weight is 343 g/mol. The zero-order chi connectivity index (χ0) is 18.2. The van der Waals surface area contributed by atoms with Crippen molar-refractivity contribution in [2.24, 2.45) is 5.92 Å². The lowest BCUT2D eigenvalue weighted by molar-refractivity contribution is 0.00758. The summed E-state index contributed by atoms with van der Waals surface area (Å²) in [4.78, 5) is 0. The minimum atomic E-state index is -0.165. The number of hydrogen-bond acceptors (Lipinski definition) is 2. The van der Waals surface area contributed by atoms with Gasteiger partial charge in [-0.05, 0) is 67.2 Å². The summed E-state index contributed by atoms with van der Waals surface area (Å²) < 4.78 is 6.51. The summed E-state index contributed by atoms with van der Waals surface area (Å²) in [6.45, 7) is 11.6. The molecule has 2 heteroatoms. The molecule has 0 saturated heterocycles. The molecule has 2 aliphatic rings. The van der Waals surface area contributed by atoms with E-state index in [9.17, 15) is 5.11 Å². The number of unbranched alkanes of at least 4 members (excludes halogenated alkanes) is 1. The molecule has 3 rings (SSSR count). The fraction of sp³-hybridized carbons (Fsp3) is 0.652. The Morgan fingerprint density at radius 1 is 1.28 bits per heavy atom. The first-order valence-corrected chi connectivity index (χ1v) is 9.90. The number of rotatable bonds is 5. The fourth-order valence-electron chi connectivity index (χ4n) is 4.66. The van der Waals surface area contributed by atoms with Gasteiger partial charge in [-0.3, -0.25) is 0 Å². The van der Waals surface area contributed by atoms with Gasteiger partial charge in [-0.1, -0.05) is 51.8 Å². The van der Waals surface area contributed by atoms with Crippen LogP contribution in [-0.2, 0) is 5.41 Å². The van der Waals surface area contributed by atoms with E-state index in [1.807, 2.05) is 0 Å². The zero-order valence-corrected chi connectivity index (χ0v) is 16.6. The van der Waals surface area contributed by atoms with Crippen molar-refractivity contribution >= 4 is 0 Å². The maximum atomic E-state index is 9.59. The summed E-state index contributed by atoms with van der Waals surface area (Å²) >= 11 is 0. The predicted octanol–water partition coefficient (Wildman–Crippen LogP) is 5.74. The molecule has 1 heterocycles. The van der Waals surface area contributed by atoms with Crippen molar-refractivity contribution in [3.8, 4) is 5.75 Å². The van der Waals surface area contributed by atoms with Crippen LogP contribution in [-0.4, -0.2) is 17.3 Å². The summed E-state index contributed by atoms with van der Waals surface area (Å²) in [5.74, 6) is 2.00. The summed E-state index contributed by atoms with van der Waals surface area (Å²) in [6.07, 6.45) is 7.87. The fourth-order valence-corrected chi connectivity index (χ4v) is 4.66. The Morgan fingerprint density at radius 2 is 2.04 bits per heavy atom. The largest absolute Gasteiger partial charge is 0.487 e. The van der Waals surface area contributed by atoms with Gasteiger partial charge in [0.25, 0.3) is 0 Å². The third-order valence-electron chi connectivity index (χ3n) is 6.45. The summed E-state index contributed by atoms with van der Waals surface area (Å²) in [6, 6.07) is 6.90. The van der Waals surface area contributed by atoms with Crippen LogP contribution in [0, 0.1) is 5.92 Å². The van der Waals surface area contributed by atoms with E-state index in [-0.39, 0.29) is 17.6 Å². The van der Waals surface area contributed by atoms with Gasteiger partial charge >= 0.3 is 0 Å². The van der Waals surface area contributed by atoms with Crippen LogP contribution < -0.4 is 4.74 Å². The first-order chi connectivity index (χ1) is 11.8. The molecule has 138 valence electrons. The Kier molecular flexibility index (Phi) is 5.03. The highest BCUT2D eigenvalue weighted by Gasteiger charge is 2.44. The minimum absolute atomic E-state index is 0.165. The molecule has 0 fully saturated rings. The van der Waals surface area contributed by atoms with Gasteiger partial charge in [-0.2, -0.15) is 0 Å². The van der Waals surface area contributed by atoms with E-state index in [0.29, 0.717) is 11.8 Å². The Bertz CT molecular complexity index is 654. The van der Waals surface area contributed by atoms with Crippen LogP contribution in [0.15, 0.2) is 29.8 Å². The van der Waals surface area contributed by atoms with Gasteiger partial charge < -0.3 is 9.84 Å². The van der Waals surface area contributed by atoms with Gasteiger partial charge in [0.2, 0.25) is 0 Å². The third-order valence-corrected chi connectivity index (χ3v) is 6.45. The molecule has 0 bridgehead atoms. The van der Waals surface area contributed by atoms with Crippen LogP contribution in [0.1, 0.15) is 83.8 Å². The summed E-state index contributed by atoms with van der Waals surface area (Å²) in [5, 5.41) is 9.59. The second kappa shape index (κ2) is 6.79. The predicted molar refractivity (Wildman–Crippen MR) is 104 cm³/mol. The Labute approximate surface area is 153 Å². The Hall–Kier alpha value is -1.28. The maximum Gasteiger partial charge on any atom is 0.123 e. The lowest BCUT2D eigenvalue weighted by Gasteiger charge is -2.47. The van der Waals surface area contributed by atoms with Gasteiger partial charge in [-0.15, -0.1) is 0 Å². The molecule has 2 atom stereocenters. The maximum absolute atomic E-state index is 9.59. The SMILES string of the molecule is CCCCC(C)(C)c1ccc2c(c1)OC(C)(C)C1CC=C(CO)CC21. The number of aliphatic hydroxyl groups is 1. The van der Waals surface area contributed by atoms with Crippen LogP contribution in [0.5, 0.6) is 5.75 Å². The van der Waals surface area contributed by atoms with Crippen LogP contribution in [0.25, 0.3) is 0 Å². The molecule has 2 unspecified atom stereocenters. The molecule has 25 heavy (non-hydrogen) atoms. The number of hydrogen-bond donors (Lipinski definition) is 1. The Morgan fingerprint density at radius 3 is 2.72 bits per heavy atom. The third kappa shape index (κ3) is 3.51. The molecule has 1 aliphatic heterocycles. The number of allylic oxidation sites excluding steroid dienone is 1. The van der Waals surface area contributed by atoms with Gasteiger partial charge in [0.15, 0.2) is 0 Å². The summed E-state index contributed by atoms with van der Waals surface area (Å²) in [5.41, 5.74) is 3.90. The molecule has 1 aromatic rings. The zero-order valence-electron chi connectivity index (χ0n) is 16.6. The van der Waals surface area contributed by atoms with Crippen LogP contribution >= 0.6 is 0 Å². The van der Waals surface area contributed by atoms with Gasteiger partial charge in [0, 0.05) is 5.92 Å². The molecular weight excluding hydrogens is 308 g/mol. The van der Waals surface area contributed by atoms with Crippen molar-refractivity contribution in [2.75, 3.05) is 6.61 Å². The van der Waals surface area contributed by atoms with E-state index in [1.54, 1.807) is 0 Å². The van der Waals surface area contributed by atoms with Crippen molar-refractivity contribution < 1.29 is 9.84 Å². The number of ether oxygens (including phenoxy) is 1. The van der Waals surface area contributed by atoms with Crippen molar-refractivity contribution in [1.82, 2.24) is 0 Å². The monoisotopic (exact) mass is 342 g/mol. The van der Waals surface area contributed by atoms with E-state index in [4.69, 9.17) is 4.74 Å². The van der Waals surface area contributed by atoms with Crippen molar-refractivity contribution in [3.63, 3.8) is 0 Å². The topological polar surface area (TPSA) is 29.5 Å². The smallest absolute Gasteiger partial charge is 0.123 e. The molecule has 0 radical (unpaired) electrons. The van der Waals surface area contributed by atoms with Gasteiger partial charge in [0.1, 0.15) is 11.4 Å². The van der Waals surface area contributed by atoms with E-state index >= 15 is 0 Å². The lowest BCUT2D eigenvalue weighted by atomic mass is 9.67. The molecule has 2 nitrogen and oxygen atoms in total. The standard InChI is InChI=1S/C23H34O2/c1-6-7-12-22(2,3)17-9-10-18-19-13-16(15-24)8-11-20(19)23(4,5)25-21(18)14-17/h8-10,14,19-20,24H,6-7,11-13,15H2,1-5H3. The van der Waals surface area contributed by atoms with Crippen LogP contribution in [0.2, 0.25) is 0 Å². The molecular formula is C23H34O2. The van der Waals surface area contributed by atoms with Crippen LogP contribution in [0.4, 0.5) is 0 Å². The molecule has 0 aromatic heterocycles. The van der Waals surface area contributed by atoms with Crippen molar-refractivity contribution in [2.45, 2.75) is 83.7 Å². The summed E-state index contributed by atoms with van der Waals surface area (Å²) in [7, 11) is 0. The number of benzene rings is 1. The molecule has 1 N–H and O–H groups in total. The second-order valence-electron chi connectivity index (χ2n) is 9.12. The van der Waals surface area contributed by atoms with E-state index in [2.05, 4.69) is 58.9 Å². The van der Waals surface area contributed by atoms with E-state index in [0.717, 1.165) is 18.6 Å². The van der Waals surface area contributed by atoms with Crippen LogP contribution in [0.3, 0.4) is 0 Å². The lowest BCUT2D eigenvalue weighted by Crippen LogP contribution is -2.45. The molecule has 0 spiro atoms. The first-order valence-electron chi connectivity index (χ1n) is 9.90. The van der Waals surface area contributed by atoms with Crippen molar-refractivity contribution in [3.05, 3.63) is 41.0 Å². The van der Waals surface area contributed by atoms with E-state index in [1.165, 1.54) is 36.0 Å². The number of fused-ring (bicyclic) bond motifs is 3. The normalized spacial score (nSPS) is 24.8. The quantitative estimate of drug-likeness (QED) is 0.692. The molecule has 0 amide bonds. The highest BCUT2D eigenvalue weighted by atomic mass is 16.5. The van der Waals surface area contributed by atoms with E-state index < -0.39 is 0 Å². The molecule has 1 aromatic carbocycles. The van der Waals surface area contributed by atoms with Gasteiger partial charge in [0.05, 0.1) is 6.61 Å². The Balaban J connectivity index is 1.96. The molecule has 1 aliphatic carbocycles. The number of aliphatic hydroxyl groups excluding tert-OH is 1. The van der Waals surface area contributed by atoms with Crippen molar-refractivity contribution in [1.29, 1.82) is 0 Å². The second-order valence-corrected chi connectivity index (χ2v) is 9.12. The minimum Gasteiger partial charge on any atom is -0.487 e. The molecule has 0 saturated carbocycles. The average Bonchev–Trinajstić information content (AvgIpc) is 2.58.